The molecule has 40 heavy (non-hydrogen) atoms. The van der Waals surface area contributed by atoms with Gasteiger partial charge in [0.2, 0.25) is 11.8 Å². The Morgan fingerprint density at radius 1 is 1.27 bits per heavy atom. The number of hydrogen-bond donors (Lipinski definition) is 2. The number of nitrogens with zero attached hydrogens (tertiary/aromatic N) is 2. The van der Waals surface area contributed by atoms with Crippen LogP contribution in [0.1, 0.15) is 44.2 Å². The first-order valence-electron chi connectivity index (χ1n) is 13.7. The number of fused-ring (bicyclic) bond motifs is 2. The molecule has 210 valence electrons. The molecule has 3 N–H and O–H groups in total. The quantitative estimate of drug-likeness (QED) is 0.460. The van der Waals surface area contributed by atoms with Crippen LogP contribution in [0.2, 0.25) is 5.02 Å². The Balaban J connectivity index is 1.35. The van der Waals surface area contributed by atoms with Crippen LogP contribution in [0.5, 0.6) is 5.88 Å². The molecule has 0 bridgehead atoms. The number of carbonyl (C=O) groups is 1. The molecule has 1 fully saturated rings. The number of primary amides is 1. The van der Waals surface area contributed by atoms with Crippen molar-refractivity contribution in [2.45, 2.75) is 50.4 Å². The Morgan fingerprint density at radius 2 is 2.00 bits per heavy atom. The van der Waals surface area contributed by atoms with E-state index in [1.807, 2.05) is 54.6 Å². The van der Waals surface area contributed by atoms with E-state index < -0.39 is 23.2 Å². The van der Waals surface area contributed by atoms with Gasteiger partial charge in [-0.3, -0.25) is 4.79 Å². The second kappa shape index (κ2) is 11.0. The number of rotatable bonds is 7. The minimum atomic E-state index is -1.15. The van der Waals surface area contributed by atoms with E-state index in [1.165, 1.54) is 0 Å². The molecule has 2 aromatic rings. The van der Waals surface area contributed by atoms with Crippen LogP contribution >= 0.6 is 11.6 Å². The summed E-state index contributed by atoms with van der Waals surface area (Å²) in [5, 5.41) is 12.0. The number of carbonyl (C=O) groups excluding carboxylic acids is 1. The van der Waals surface area contributed by atoms with Gasteiger partial charge in [-0.2, -0.15) is 0 Å². The van der Waals surface area contributed by atoms with Crippen molar-refractivity contribution in [2.24, 2.45) is 5.73 Å². The fourth-order valence-electron chi connectivity index (χ4n) is 5.47. The molecule has 1 aromatic heterocycles. The summed E-state index contributed by atoms with van der Waals surface area (Å²) in [4.78, 5) is 16.5. The Kier molecular flexibility index (Phi) is 7.77. The number of amides is 1. The van der Waals surface area contributed by atoms with Gasteiger partial charge in [0.05, 0.1) is 26.7 Å². The van der Waals surface area contributed by atoms with E-state index in [9.17, 15) is 9.90 Å². The van der Waals surface area contributed by atoms with Crippen molar-refractivity contribution in [1.29, 1.82) is 0 Å². The zero-order valence-corrected chi connectivity index (χ0v) is 24.0. The van der Waals surface area contributed by atoms with Gasteiger partial charge in [0, 0.05) is 41.6 Å². The Hall–Kier alpha value is -3.23. The second-order valence-electron chi connectivity index (χ2n) is 11.7. The summed E-state index contributed by atoms with van der Waals surface area (Å²) in [5.74, 6) is 0.628. The van der Waals surface area contributed by atoms with E-state index >= 15 is 0 Å². The van der Waals surface area contributed by atoms with Crippen LogP contribution in [0.25, 0.3) is 5.57 Å². The van der Waals surface area contributed by atoms with Gasteiger partial charge in [0.25, 0.3) is 0 Å². The minimum absolute atomic E-state index is 0.502. The molecule has 0 spiro atoms. The maximum absolute atomic E-state index is 12.0. The van der Waals surface area contributed by atoms with Crippen LogP contribution in [-0.2, 0) is 15.1 Å². The highest BCUT2D eigenvalue weighted by Gasteiger charge is 2.40. The highest BCUT2D eigenvalue weighted by atomic mass is 35.5. The maximum Gasteiger partial charge on any atom is 0.249 e. The maximum atomic E-state index is 12.0. The summed E-state index contributed by atoms with van der Waals surface area (Å²) in [6, 6.07) is 11.4. The summed E-state index contributed by atoms with van der Waals surface area (Å²) >= 11 is 6.05. The molecular formula is C32H37ClN3O4+. The van der Waals surface area contributed by atoms with Gasteiger partial charge >= 0.3 is 0 Å². The van der Waals surface area contributed by atoms with Gasteiger partial charge in [-0.15, -0.1) is 0 Å². The third-order valence-corrected chi connectivity index (χ3v) is 8.54. The van der Waals surface area contributed by atoms with Crippen molar-refractivity contribution in [1.82, 2.24) is 4.98 Å². The number of allylic oxidation sites excluding steroid dienone is 4. The van der Waals surface area contributed by atoms with Crippen LogP contribution in [0.4, 0.5) is 0 Å². The van der Waals surface area contributed by atoms with Gasteiger partial charge in [-0.1, -0.05) is 42.0 Å². The van der Waals surface area contributed by atoms with Gasteiger partial charge in [0.1, 0.15) is 23.1 Å². The van der Waals surface area contributed by atoms with Crippen LogP contribution in [0.15, 0.2) is 84.3 Å². The molecule has 1 aromatic carbocycles. The van der Waals surface area contributed by atoms with E-state index in [4.69, 9.17) is 26.8 Å². The lowest BCUT2D eigenvalue weighted by Crippen LogP contribution is -2.54. The van der Waals surface area contributed by atoms with Crippen molar-refractivity contribution in [3.8, 4) is 5.88 Å². The molecule has 1 saturated heterocycles. The zero-order chi connectivity index (χ0) is 28.5. The molecule has 1 unspecified atom stereocenters. The fraction of sp³-hybridized carbons (Fsp3) is 0.375. The molecule has 1 atom stereocenters. The number of hydrogen-bond acceptors (Lipinski definition) is 5. The third-order valence-electron chi connectivity index (χ3n) is 8.28. The lowest BCUT2D eigenvalue weighted by Gasteiger charge is -2.44. The van der Waals surface area contributed by atoms with Crippen molar-refractivity contribution >= 4 is 23.1 Å². The molecule has 8 heteroatoms. The SMILES string of the molecule is CC(C)(OC1C=CC=C2Oc3ncccc3C(=CCC[N+]3(C)CCC(O)(c4ccc(Cl)cc4)CC3)C=C21)C(N)=O. The summed E-state index contributed by atoms with van der Waals surface area (Å²) in [5.41, 5.74) is 7.25. The number of pyridine rings is 1. The number of aromatic nitrogens is 1. The number of piperidine rings is 1. The van der Waals surface area contributed by atoms with Crippen molar-refractivity contribution in [3.05, 3.63) is 100 Å². The molecule has 2 aliphatic heterocycles. The van der Waals surface area contributed by atoms with Gasteiger partial charge in [-0.25, -0.2) is 4.98 Å². The molecule has 7 nitrogen and oxygen atoms in total. The van der Waals surface area contributed by atoms with Crippen molar-refractivity contribution in [2.75, 3.05) is 26.7 Å². The first-order valence-corrected chi connectivity index (χ1v) is 14.1. The molecule has 3 heterocycles. The third kappa shape index (κ3) is 5.93. The molecule has 5 rings (SSSR count). The molecule has 1 amide bonds. The Morgan fingerprint density at radius 3 is 2.70 bits per heavy atom. The van der Waals surface area contributed by atoms with Crippen LogP contribution in [-0.4, -0.2) is 58.9 Å². The second-order valence-corrected chi connectivity index (χ2v) is 12.1. The topological polar surface area (TPSA) is 94.7 Å². The zero-order valence-electron chi connectivity index (χ0n) is 23.3. The average molecular weight is 563 g/mol. The van der Waals surface area contributed by atoms with Crippen molar-refractivity contribution < 1.29 is 23.9 Å². The van der Waals surface area contributed by atoms with E-state index in [-0.39, 0.29) is 0 Å². The highest BCUT2D eigenvalue weighted by Crippen LogP contribution is 2.38. The van der Waals surface area contributed by atoms with Gasteiger partial charge in [0.15, 0.2) is 0 Å². The van der Waals surface area contributed by atoms with Crippen molar-refractivity contribution in [3.63, 3.8) is 0 Å². The first kappa shape index (κ1) is 28.3. The average Bonchev–Trinajstić information content (AvgIpc) is 3.08. The minimum Gasteiger partial charge on any atom is -0.438 e. The normalized spacial score (nSPS) is 27.1. The van der Waals surface area contributed by atoms with Gasteiger partial charge in [-0.05, 0) is 61.4 Å². The number of nitrogens with two attached hydrogens (primary N) is 1. The van der Waals surface area contributed by atoms with E-state index in [1.54, 1.807) is 20.0 Å². The smallest absolute Gasteiger partial charge is 0.249 e. The number of quaternary nitrogens is 1. The summed E-state index contributed by atoms with van der Waals surface area (Å²) in [7, 11) is 2.26. The monoisotopic (exact) mass is 562 g/mol. The first-order chi connectivity index (χ1) is 19.0. The summed E-state index contributed by atoms with van der Waals surface area (Å²) in [6.07, 6.45) is 13.4. The summed E-state index contributed by atoms with van der Waals surface area (Å²) in [6.45, 7) is 6.02. The lowest BCUT2D eigenvalue weighted by atomic mass is 9.83. The largest absolute Gasteiger partial charge is 0.438 e. The van der Waals surface area contributed by atoms with E-state index in [0.717, 1.165) is 52.8 Å². The molecule has 1 aliphatic carbocycles. The predicted molar refractivity (Wildman–Crippen MR) is 156 cm³/mol. The molecule has 0 saturated carbocycles. The van der Waals surface area contributed by atoms with Crippen LogP contribution in [0, 0.1) is 0 Å². The van der Waals surface area contributed by atoms with Gasteiger partial charge < -0.3 is 24.8 Å². The predicted octanol–water partition coefficient (Wildman–Crippen LogP) is 5.06. The molecule has 3 aliphatic rings. The standard InChI is InChI=1S/C32H36ClN3O4/c1-31(2,30(34)37)40-28-10-4-9-27-26(28)21-22(25-8-5-17-35-29(25)39-27)7-6-18-36(3)19-15-32(38,16-20-36)23-11-13-24(33)14-12-23/h4-5,7-14,17,21,28,38H,6,15-16,18-20H2,1-3H3,(H-,34,37)/p+1. The Labute approximate surface area is 240 Å². The number of aliphatic hydroxyl groups is 1. The number of likely N-dealkylation sites (tertiary alicyclic amines) is 1. The Bertz CT molecular complexity index is 1400. The number of ether oxygens (including phenoxy) is 2. The summed E-state index contributed by atoms with van der Waals surface area (Å²) < 4.78 is 13.3. The van der Waals surface area contributed by atoms with Crippen LogP contribution in [0.3, 0.4) is 0 Å². The number of benzene rings is 1. The van der Waals surface area contributed by atoms with E-state index in [2.05, 4.69) is 24.2 Å². The lowest BCUT2D eigenvalue weighted by molar-refractivity contribution is -0.916. The molecule has 0 radical (unpaired) electrons. The highest BCUT2D eigenvalue weighted by molar-refractivity contribution is 6.30. The number of halogens is 1. The van der Waals surface area contributed by atoms with Crippen LogP contribution < -0.4 is 10.5 Å². The molecular weight excluding hydrogens is 526 g/mol. The fourth-order valence-corrected chi connectivity index (χ4v) is 5.60. The van der Waals surface area contributed by atoms with E-state index in [0.29, 0.717) is 29.5 Å².